The van der Waals surface area contributed by atoms with Crippen molar-refractivity contribution in [2.45, 2.75) is 6.04 Å². The van der Waals surface area contributed by atoms with Crippen molar-refractivity contribution in [2.24, 2.45) is 0 Å². The molecule has 7 heteroatoms. The largest absolute Gasteiger partial charge is 0.347 e. The summed E-state index contributed by atoms with van der Waals surface area (Å²) in [5.41, 5.74) is 0.288. The first kappa shape index (κ1) is 13.6. The van der Waals surface area contributed by atoms with Gasteiger partial charge in [0.25, 0.3) is 5.91 Å². The molecule has 0 spiro atoms. The second-order valence-corrected chi connectivity index (χ2v) is 5.16. The van der Waals surface area contributed by atoms with E-state index in [1.807, 2.05) is 7.05 Å². The molecule has 1 saturated heterocycles. The van der Waals surface area contributed by atoms with Crippen molar-refractivity contribution >= 4 is 5.91 Å². The Bertz CT molecular complexity index is 658. The number of nitrogens with one attached hydrogen (secondary N) is 2. The highest BCUT2D eigenvalue weighted by Crippen LogP contribution is 2.22. The third-order valence-electron chi connectivity index (χ3n) is 3.80. The van der Waals surface area contributed by atoms with Crippen LogP contribution in [0.3, 0.4) is 0 Å². The van der Waals surface area contributed by atoms with E-state index in [9.17, 15) is 9.59 Å². The van der Waals surface area contributed by atoms with Crippen molar-refractivity contribution in [3.05, 3.63) is 52.5 Å². The van der Waals surface area contributed by atoms with Crippen LogP contribution in [0.15, 0.2) is 35.5 Å². The summed E-state index contributed by atoms with van der Waals surface area (Å²) in [6.45, 7) is 2.01. The zero-order valence-corrected chi connectivity index (χ0v) is 11.7. The van der Waals surface area contributed by atoms with Gasteiger partial charge in [0.15, 0.2) is 0 Å². The number of piperazine rings is 1. The Morgan fingerprint density at radius 3 is 2.86 bits per heavy atom. The summed E-state index contributed by atoms with van der Waals surface area (Å²) in [6, 6.07) is 2.98. The summed E-state index contributed by atoms with van der Waals surface area (Å²) in [4.78, 5) is 37.5. The first-order valence-corrected chi connectivity index (χ1v) is 6.82. The van der Waals surface area contributed by atoms with E-state index in [0.717, 1.165) is 12.4 Å². The second kappa shape index (κ2) is 5.53. The molecule has 1 fully saturated rings. The monoisotopic (exact) mass is 287 g/mol. The van der Waals surface area contributed by atoms with Crippen LogP contribution in [0.4, 0.5) is 0 Å². The number of hydrogen-bond acceptors (Lipinski definition) is 4. The summed E-state index contributed by atoms with van der Waals surface area (Å²) >= 11 is 0. The Morgan fingerprint density at radius 1 is 1.33 bits per heavy atom. The highest BCUT2D eigenvalue weighted by Gasteiger charge is 2.30. The van der Waals surface area contributed by atoms with Crippen LogP contribution < -0.4 is 5.56 Å². The lowest BCUT2D eigenvalue weighted by Gasteiger charge is -2.38. The molecule has 0 radical (unpaired) electrons. The normalized spacial score (nSPS) is 19.7. The molecule has 1 aliphatic rings. The van der Waals surface area contributed by atoms with E-state index in [2.05, 4.69) is 19.9 Å². The van der Waals surface area contributed by atoms with Crippen molar-refractivity contribution in [1.82, 2.24) is 24.8 Å². The van der Waals surface area contributed by atoms with E-state index in [1.54, 1.807) is 23.4 Å². The molecule has 0 saturated carbocycles. The summed E-state index contributed by atoms with van der Waals surface area (Å²) in [6.07, 6.45) is 4.96. The maximum atomic E-state index is 12.5. The van der Waals surface area contributed by atoms with Gasteiger partial charge in [-0.05, 0) is 13.1 Å². The molecule has 2 aromatic rings. The predicted molar refractivity (Wildman–Crippen MR) is 76.9 cm³/mol. The van der Waals surface area contributed by atoms with Gasteiger partial charge in [0.2, 0.25) is 5.56 Å². The number of likely N-dealkylation sites (N-methyl/N-ethyl adjacent to an activating group) is 1. The van der Waals surface area contributed by atoms with Gasteiger partial charge < -0.3 is 14.9 Å². The molecule has 0 aromatic carbocycles. The number of amides is 1. The van der Waals surface area contributed by atoms with Crippen molar-refractivity contribution in [3.63, 3.8) is 0 Å². The van der Waals surface area contributed by atoms with Gasteiger partial charge in [-0.1, -0.05) is 0 Å². The number of H-pyrrole nitrogens is 2. The lowest BCUT2D eigenvalue weighted by Crippen LogP contribution is -2.49. The number of pyridine rings is 1. The smallest absolute Gasteiger partial charge is 0.255 e. The van der Waals surface area contributed by atoms with Crippen molar-refractivity contribution in [1.29, 1.82) is 0 Å². The molecule has 1 atom stereocenters. The maximum Gasteiger partial charge on any atom is 0.255 e. The van der Waals surface area contributed by atoms with Crippen LogP contribution in [-0.4, -0.2) is 57.3 Å². The van der Waals surface area contributed by atoms with Crippen LogP contribution in [-0.2, 0) is 0 Å². The average molecular weight is 287 g/mol. The van der Waals surface area contributed by atoms with E-state index in [0.29, 0.717) is 18.7 Å². The van der Waals surface area contributed by atoms with Crippen LogP contribution in [0, 0.1) is 0 Å². The maximum absolute atomic E-state index is 12.5. The Labute approximate surface area is 121 Å². The summed E-state index contributed by atoms with van der Waals surface area (Å²) in [5.74, 6) is 0.785. The minimum atomic E-state index is -0.210. The SMILES string of the molecule is CN1CCN(C(=O)c2ccc(=O)[nH]c2)C[C@@H]1c1ncc[nH]1. The molecule has 110 valence electrons. The Hall–Kier alpha value is -2.41. The number of carbonyl (C=O) groups is 1. The number of aromatic amines is 2. The zero-order valence-electron chi connectivity index (χ0n) is 11.7. The van der Waals surface area contributed by atoms with Crippen molar-refractivity contribution in [3.8, 4) is 0 Å². The lowest BCUT2D eigenvalue weighted by molar-refractivity contribution is 0.0534. The standard InChI is InChI=1S/C14H17N5O2/c1-18-6-7-19(9-11(18)13-15-4-5-16-13)14(21)10-2-3-12(20)17-8-10/h2-5,8,11H,6-7,9H2,1H3,(H,15,16)(H,17,20)/t11-/m1/s1. The summed E-state index contributed by atoms with van der Waals surface area (Å²) < 4.78 is 0. The second-order valence-electron chi connectivity index (χ2n) is 5.16. The Kier molecular flexibility index (Phi) is 3.57. The van der Waals surface area contributed by atoms with Gasteiger partial charge in [0, 0.05) is 44.3 Å². The molecular formula is C14H17N5O2. The molecule has 0 bridgehead atoms. The molecule has 0 unspecified atom stereocenters. The van der Waals surface area contributed by atoms with Crippen LogP contribution in [0.1, 0.15) is 22.2 Å². The van der Waals surface area contributed by atoms with Crippen LogP contribution in [0.5, 0.6) is 0 Å². The quantitative estimate of drug-likeness (QED) is 0.828. The molecule has 0 aliphatic carbocycles. The topological polar surface area (TPSA) is 85.1 Å². The Balaban J connectivity index is 1.78. The number of aromatic nitrogens is 3. The molecule has 21 heavy (non-hydrogen) atoms. The molecular weight excluding hydrogens is 270 g/mol. The molecule has 1 aliphatic heterocycles. The van der Waals surface area contributed by atoms with Crippen LogP contribution >= 0.6 is 0 Å². The number of nitrogens with zero attached hydrogens (tertiary/aromatic N) is 3. The first-order chi connectivity index (χ1) is 10.1. The average Bonchev–Trinajstić information content (AvgIpc) is 3.02. The van der Waals surface area contributed by atoms with Crippen LogP contribution in [0.2, 0.25) is 0 Å². The summed E-state index contributed by atoms with van der Waals surface area (Å²) in [7, 11) is 2.02. The van der Waals surface area contributed by atoms with Gasteiger partial charge in [-0.3, -0.25) is 14.5 Å². The van der Waals surface area contributed by atoms with Crippen molar-refractivity contribution < 1.29 is 4.79 Å². The van der Waals surface area contributed by atoms with E-state index in [4.69, 9.17) is 0 Å². The molecule has 2 N–H and O–H groups in total. The number of carbonyl (C=O) groups excluding carboxylic acids is 1. The minimum absolute atomic E-state index is 0.0560. The molecule has 2 aromatic heterocycles. The van der Waals surface area contributed by atoms with Crippen molar-refractivity contribution in [2.75, 3.05) is 26.7 Å². The van der Waals surface area contributed by atoms with Gasteiger partial charge in [-0.2, -0.15) is 0 Å². The highest BCUT2D eigenvalue weighted by molar-refractivity contribution is 5.94. The van der Waals surface area contributed by atoms with Gasteiger partial charge in [-0.25, -0.2) is 4.98 Å². The fraction of sp³-hybridized carbons (Fsp3) is 0.357. The predicted octanol–water partition coefficient (Wildman–Crippen LogP) is 0.227. The zero-order chi connectivity index (χ0) is 14.8. The van der Waals surface area contributed by atoms with E-state index < -0.39 is 0 Å². The molecule has 3 rings (SSSR count). The Morgan fingerprint density at radius 2 is 2.19 bits per heavy atom. The third kappa shape index (κ3) is 2.73. The third-order valence-corrected chi connectivity index (χ3v) is 3.80. The first-order valence-electron chi connectivity index (χ1n) is 6.82. The van der Waals surface area contributed by atoms with Crippen LogP contribution in [0.25, 0.3) is 0 Å². The molecule has 7 nitrogen and oxygen atoms in total. The highest BCUT2D eigenvalue weighted by atomic mass is 16.2. The number of rotatable bonds is 2. The number of imidazole rings is 1. The fourth-order valence-electron chi connectivity index (χ4n) is 2.54. The minimum Gasteiger partial charge on any atom is -0.347 e. The van der Waals surface area contributed by atoms with Gasteiger partial charge in [0.05, 0.1) is 11.6 Å². The van der Waals surface area contributed by atoms with Gasteiger partial charge in [0.1, 0.15) is 5.82 Å². The van der Waals surface area contributed by atoms with Gasteiger partial charge in [-0.15, -0.1) is 0 Å². The molecule has 3 heterocycles. The van der Waals surface area contributed by atoms with E-state index >= 15 is 0 Å². The lowest BCUT2D eigenvalue weighted by atomic mass is 10.1. The number of hydrogen-bond donors (Lipinski definition) is 2. The molecule has 1 amide bonds. The van der Waals surface area contributed by atoms with E-state index in [-0.39, 0.29) is 17.5 Å². The van der Waals surface area contributed by atoms with Gasteiger partial charge >= 0.3 is 0 Å². The summed E-state index contributed by atoms with van der Waals surface area (Å²) in [5, 5.41) is 0. The fourth-order valence-corrected chi connectivity index (χ4v) is 2.54. The van der Waals surface area contributed by atoms with E-state index in [1.165, 1.54) is 12.3 Å².